The summed E-state index contributed by atoms with van der Waals surface area (Å²) in [6, 6.07) is 0.136. The van der Waals surface area contributed by atoms with Crippen molar-refractivity contribution in [1.29, 1.82) is 0 Å². The molecule has 4 atom stereocenters. The smallest absolute Gasteiger partial charge is 0.106 e. The lowest BCUT2D eigenvalue weighted by Gasteiger charge is -2.31. The van der Waals surface area contributed by atoms with Gasteiger partial charge in [-0.1, -0.05) is 33.8 Å². The van der Waals surface area contributed by atoms with Crippen LogP contribution in [0.5, 0.6) is 0 Å². The van der Waals surface area contributed by atoms with Crippen LogP contribution in [-0.2, 0) is 4.74 Å². The molecular formula is C14H26ClNO. The SMILES string of the molecule is C=C[C@]1(Cl)[C@H](C(C)C)O[C@H](CC(C)C)[C@@H]1NC. The van der Waals surface area contributed by atoms with Crippen LogP contribution >= 0.6 is 11.6 Å². The molecule has 0 saturated carbocycles. The van der Waals surface area contributed by atoms with Crippen molar-refractivity contribution in [2.24, 2.45) is 11.8 Å². The number of likely N-dealkylation sites (N-methyl/N-ethyl adjacent to an activating group) is 1. The molecule has 1 rings (SSSR count). The number of hydrogen-bond acceptors (Lipinski definition) is 2. The van der Waals surface area contributed by atoms with Crippen LogP contribution in [0.3, 0.4) is 0 Å². The Morgan fingerprint density at radius 3 is 2.35 bits per heavy atom. The average molecular weight is 260 g/mol. The van der Waals surface area contributed by atoms with E-state index in [4.69, 9.17) is 16.3 Å². The molecule has 1 aliphatic rings. The second-order valence-electron chi connectivity index (χ2n) is 5.77. The predicted molar refractivity (Wildman–Crippen MR) is 74.6 cm³/mol. The minimum Gasteiger partial charge on any atom is -0.371 e. The molecular weight excluding hydrogens is 234 g/mol. The van der Waals surface area contributed by atoms with Gasteiger partial charge in [0.05, 0.1) is 18.2 Å². The van der Waals surface area contributed by atoms with Crippen molar-refractivity contribution < 1.29 is 4.74 Å². The lowest BCUT2D eigenvalue weighted by atomic mass is 9.86. The summed E-state index contributed by atoms with van der Waals surface area (Å²) in [5.74, 6) is 0.992. The minimum atomic E-state index is -0.498. The summed E-state index contributed by atoms with van der Waals surface area (Å²) < 4.78 is 6.18. The van der Waals surface area contributed by atoms with Crippen molar-refractivity contribution in [3.8, 4) is 0 Å². The topological polar surface area (TPSA) is 21.3 Å². The molecule has 0 spiro atoms. The molecule has 1 N–H and O–H groups in total. The van der Waals surface area contributed by atoms with Crippen molar-refractivity contribution in [3.63, 3.8) is 0 Å². The molecule has 17 heavy (non-hydrogen) atoms. The Kier molecular flexibility index (Phi) is 5.06. The van der Waals surface area contributed by atoms with Gasteiger partial charge >= 0.3 is 0 Å². The normalized spacial score (nSPS) is 38.0. The molecule has 3 heteroatoms. The van der Waals surface area contributed by atoms with E-state index in [1.807, 2.05) is 13.1 Å². The maximum absolute atomic E-state index is 6.75. The molecule has 0 unspecified atom stereocenters. The molecule has 1 fully saturated rings. The number of nitrogens with one attached hydrogen (secondary N) is 1. The van der Waals surface area contributed by atoms with Crippen molar-refractivity contribution in [2.75, 3.05) is 7.05 Å². The van der Waals surface area contributed by atoms with Crippen LogP contribution in [0.2, 0.25) is 0 Å². The highest BCUT2D eigenvalue weighted by Gasteiger charge is 2.53. The summed E-state index contributed by atoms with van der Waals surface area (Å²) in [4.78, 5) is -0.498. The molecule has 0 amide bonds. The van der Waals surface area contributed by atoms with Gasteiger partial charge in [0.1, 0.15) is 4.87 Å². The molecule has 1 saturated heterocycles. The summed E-state index contributed by atoms with van der Waals surface area (Å²) in [7, 11) is 1.95. The van der Waals surface area contributed by atoms with Crippen molar-refractivity contribution >= 4 is 11.6 Å². The van der Waals surface area contributed by atoms with Crippen LogP contribution in [0.25, 0.3) is 0 Å². The molecule has 0 aromatic rings. The maximum Gasteiger partial charge on any atom is 0.106 e. The first kappa shape index (κ1) is 15.0. The summed E-state index contributed by atoms with van der Waals surface area (Å²) in [6.07, 6.45) is 3.07. The Morgan fingerprint density at radius 2 is 2.00 bits per heavy atom. The van der Waals surface area contributed by atoms with Gasteiger partial charge in [-0.05, 0) is 25.3 Å². The maximum atomic E-state index is 6.75. The Bertz CT molecular complexity index is 267. The highest BCUT2D eigenvalue weighted by atomic mass is 35.5. The zero-order chi connectivity index (χ0) is 13.2. The van der Waals surface area contributed by atoms with Gasteiger partial charge in [-0.3, -0.25) is 0 Å². The zero-order valence-corrected chi connectivity index (χ0v) is 12.4. The van der Waals surface area contributed by atoms with E-state index < -0.39 is 4.87 Å². The fraction of sp³-hybridized carbons (Fsp3) is 0.857. The predicted octanol–water partition coefficient (Wildman–Crippen LogP) is 3.21. The van der Waals surface area contributed by atoms with Gasteiger partial charge in [0.15, 0.2) is 0 Å². The summed E-state index contributed by atoms with van der Waals surface area (Å²) in [6.45, 7) is 12.6. The van der Waals surface area contributed by atoms with Gasteiger partial charge in [-0.25, -0.2) is 0 Å². The fourth-order valence-electron chi connectivity index (χ4n) is 2.81. The first-order valence-corrected chi connectivity index (χ1v) is 6.89. The third kappa shape index (κ3) is 2.86. The van der Waals surface area contributed by atoms with Crippen LogP contribution in [0, 0.1) is 11.8 Å². The van der Waals surface area contributed by atoms with E-state index in [9.17, 15) is 0 Å². The molecule has 0 aromatic carbocycles. The Hall–Kier alpha value is -0.0500. The Balaban J connectivity index is 2.96. The lowest BCUT2D eigenvalue weighted by molar-refractivity contribution is 0.00275. The number of alkyl halides is 1. The highest BCUT2D eigenvalue weighted by molar-refractivity contribution is 6.26. The monoisotopic (exact) mass is 259 g/mol. The fourth-order valence-corrected chi connectivity index (χ4v) is 3.36. The van der Waals surface area contributed by atoms with Gasteiger partial charge in [0.25, 0.3) is 0 Å². The number of halogens is 1. The van der Waals surface area contributed by atoms with Crippen LogP contribution in [0.1, 0.15) is 34.1 Å². The van der Waals surface area contributed by atoms with E-state index in [-0.39, 0.29) is 18.2 Å². The number of ether oxygens (including phenoxy) is 1. The van der Waals surface area contributed by atoms with E-state index in [2.05, 4.69) is 39.6 Å². The van der Waals surface area contributed by atoms with Gasteiger partial charge in [0, 0.05) is 0 Å². The molecule has 100 valence electrons. The van der Waals surface area contributed by atoms with Crippen molar-refractivity contribution in [3.05, 3.63) is 12.7 Å². The van der Waals surface area contributed by atoms with E-state index in [0.29, 0.717) is 11.8 Å². The van der Waals surface area contributed by atoms with Crippen molar-refractivity contribution in [2.45, 2.75) is 57.2 Å². The number of hydrogen-bond donors (Lipinski definition) is 1. The second-order valence-corrected chi connectivity index (χ2v) is 6.42. The van der Waals surface area contributed by atoms with Gasteiger partial charge < -0.3 is 10.1 Å². The van der Waals surface area contributed by atoms with Gasteiger partial charge in [-0.15, -0.1) is 18.2 Å². The Morgan fingerprint density at radius 1 is 1.41 bits per heavy atom. The molecule has 0 bridgehead atoms. The van der Waals surface area contributed by atoms with Crippen LogP contribution in [-0.4, -0.2) is 30.2 Å². The third-order valence-electron chi connectivity index (χ3n) is 3.54. The average Bonchev–Trinajstić information content (AvgIpc) is 2.51. The van der Waals surface area contributed by atoms with E-state index in [0.717, 1.165) is 6.42 Å². The van der Waals surface area contributed by atoms with Gasteiger partial charge in [0.2, 0.25) is 0 Å². The molecule has 0 radical (unpaired) electrons. The first-order valence-electron chi connectivity index (χ1n) is 6.52. The Labute approximate surface area is 111 Å². The van der Waals surface area contributed by atoms with E-state index in [1.54, 1.807) is 0 Å². The minimum absolute atomic E-state index is 0.0304. The van der Waals surface area contributed by atoms with Crippen molar-refractivity contribution in [1.82, 2.24) is 5.32 Å². The molecule has 1 heterocycles. The van der Waals surface area contributed by atoms with E-state index >= 15 is 0 Å². The quantitative estimate of drug-likeness (QED) is 0.605. The molecule has 0 aromatic heterocycles. The summed E-state index contributed by atoms with van der Waals surface area (Å²) in [5, 5.41) is 3.32. The molecule has 1 aliphatic heterocycles. The second kappa shape index (κ2) is 5.73. The standard InChI is InChI=1S/C14H26ClNO/c1-7-14(15)12(16-6)11(8-9(2)3)17-13(14)10(4)5/h7,9-13,16H,1,8H2,2-6H3/t11-,12+,13+,14-/m1/s1. The first-order chi connectivity index (χ1) is 7.86. The summed E-state index contributed by atoms with van der Waals surface area (Å²) in [5.41, 5.74) is 0. The number of rotatable bonds is 5. The highest BCUT2D eigenvalue weighted by Crippen LogP contribution is 2.42. The molecule has 2 nitrogen and oxygen atoms in total. The van der Waals surface area contributed by atoms with Gasteiger partial charge in [-0.2, -0.15) is 0 Å². The summed E-state index contributed by atoms with van der Waals surface area (Å²) >= 11 is 6.75. The lowest BCUT2D eigenvalue weighted by Crippen LogP contribution is -2.50. The van der Waals surface area contributed by atoms with E-state index in [1.165, 1.54) is 0 Å². The molecule has 0 aliphatic carbocycles. The third-order valence-corrected chi connectivity index (χ3v) is 4.14. The largest absolute Gasteiger partial charge is 0.371 e. The van der Waals surface area contributed by atoms with Crippen LogP contribution < -0.4 is 5.32 Å². The zero-order valence-electron chi connectivity index (χ0n) is 11.7. The van der Waals surface area contributed by atoms with Crippen LogP contribution in [0.4, 0.5) is 0 Å². The van der Waals surface area contributed by atoms with Crippen LogP contribution in [0.15, 0.2) is 12.7 Å².